The van der Waals surface area contributed by atoms with E-state index in [2.05, 4.69) is 10.2 Å². The van der Waals surface area contributed by atoms with Gasteiger partial charge in [-0.3, -0.25) is 14.5 Å². The first-order valence-electron chi connectivity index (χ1n) is 16.1. The minimum atomic E-state index is -5.35. The standard InChI is InChI=1S/C34H41F6N3O4S/c1-3-46-21-20-42-16-18-43(19-17-42)29(44)15-11-23-10-14-28(31(34(38,39)40)30(23)33(35,36)37)48-27-7-5-6-26(22-27)41-25-12-8-24(9-13-25)32(45)47-4-2/h5-7,10-11,14-15,22,24-25,41H,3-4,8-9,12-13,16-21H2,1-2H3/t24-,25-. The Bertz CT molecular complexity index is 1420. The lowest BCUT2D eigenvalue weighted by molar-refractivity contribution is -0.163. The number of ether oxygens (including phenoxy) is 2. The van der Waals surface area contributed by atoms with Gasteiger partial charge in [0.15, 0.2) is 0 Å². The van der Waals surface area contributed by atoms with E-state index in [0.717, 1.165) is 24.3 Å². The van der Waals surface area contributed by atoms with Crippen molar-refractivity contribution in [2.24, 2.45) is 5.92 Å². The van der Waals surface area contributed by atoms with E-state index in [1.165, 1.54) is 11.0 Å². The van der Waals surface area contributed by atoms with Gasteiger partial charge >= 0.3 is 18.3 Å². The van der Waals surface area contributed by atoms with Crippen LogP contribution in [0.25, 0.3) is 6.08 Å². The number of esters is 1. The predicted molar refractivity (Wildman–Crippen MR) is 172 cm³/mol. The highest BCUT2D eigenvalue weighted by Gasteiger charge is 2.46. The van der Waals surface area contributed by atoms with Gasteiger partial charge < -0.3 is 19.7 Å². The van der Waals surface area contributed by atoms with Gasteiger partial charge in [0.1, 0.15) is 0 Å². The minimum Gasteiger partial charge on any atom is -0.466 e. The first-order valence-corrected chi connectivity index (χ1v) is 16.9. The van der Waals surface area contributed by atoms with E-state index in [1.54, 1.807) is 25.1 Å². The van der Waals surface area contributed by atoms with Crippen molar-refractivity contribution in [3.05, 3.63) is 59.2 Å². The summed E-state index contributed by atoms with van der Waals surface area (Å²) < 4.78 is 96.8. The summed E-state index contributed by atoms with van der Waals surface area (Å²) in [5.74, 6) is -0.960. The monoisotopic (exact) mass is 701 g/mol. The first-order chi connectivity index (χ1) is 22.8. The highest BCUT2D eigenvalue weighted by molar-refractivity contribution is 7.99. The van der Waals surface area contributed by atoms with Crippen molar-refractivity contribution in [1.82, 2.24) is 9.80 Å². The fourth-order valence-electron chi connectivity index (χ4n) is 5.95. The summed E-state index contributed by atoms with van der Waals surface area (Å²) in [5, 5.41) is 3.34. The Balaban J connectivity index is 1.50. The van der Waals surface area contributed by atoms with Crippen molar-refractivity contribution in [3.63, 3.8) is 0 Å². The molecule has 1 heterocycles. The molecule has 2 aromatic rings. The molecule has 0 bridgehead atoms. The summed E-state index contributed by atoms with van der Waals surface area (Å²) in [5.41, 5.74) is -3.76. The van der Waals surface area contributed by atoms with Crippen molar-refractivity contribution in [1.29, 1.82) is 0 Å². The van der Waals surface area contributed by atoms with Crippen LogP contribution < -0.4 is 5.32 Å². The second-order valence-electron chi connectivity index (χ2n) is 11.7. The SMILES string of the molecule is CCOCCN1CCN(C(=O)C=Cc2ccc(Sc3cccc(N[C@H]4CC[C@H](C(=O)OCC)CC4)c3)c(C(F)(F)F)c2C(F)(F)F)CC1. The molecule has 0 unspecified atom stereocenters. The number of carbonyl (C=O) groups excluding carboxylic acids is 2. The molecule has 1 aliphatic heterocycles. The number of halogens is 6. The molecule has 14 heteroatoms. The molecule has 0 spiro atoms. The zero-order valence-corrected chi connectivity index (χ0v) is 27.8. The number of anilines is 1. The van der Waals surface area contributed by atoms with Crippen LogP contribution in [0.1, 0.15) is 56.2 Å². The van der Waals surface area contributed by atoms with Crippen LogP contribution in [-0.4, -0.2) is 80.3 Å². The maximum Gasteiger partial charge on any atom is 0.418 e. The van der Waals surface area contributed by atoms with Crippen LogP contribution in [0.15, 0.2) is 52.3 Å². The minimum absolute atomic E-state index is 0.0246. The van der Waals surface area contributed by atoms with E-state index in [-0.39, 0.29) is 17.9 Å². The maximum absolute atomic E-state index is 14.4. The Morgan fingerprint density at radius 1 is 0.917 bits per heavy atom. The molecule has 2 fully saturated rings. The van der Waals surface area contributed by atoms with E-state index in [9.17, 15) is 35.9 Å². The smallest absolute Gasteiger partial charge is 0.418 e. The lowest BCUT2D eigenvalue weighted by Crippen LogP contribution is -2.49. The van der Waals surface area contributed by atoms with Gasteiger partial charge in [-0.05, 0) is 75.4 Å². The molecule has 0 radical (unpaired) electrons. The zero-order chi connectivity index (χ0) is 34.9. The Labute approximate surface area is 281 Å². The molecule has 7 nitrogen and oxygen atoms in total. The van der Waals surface area contributed by atoms with E-state index >= 15 is 0 Å². The largest absolute Gasteiger partial charge is 0.466 e. The van der Waals surface area contributed by atoms with Crippen molar-refractivity contribution in [3.8, 4) is 0 Å². The summed E-state index contributed by atoms with van der Waals surface area (Å²) >= 11 is 0.586. The number of rotatable bonds is 12. The first kappa shape index (κ1) is 37.6. The molecule has 4 rings (SSSR count). The van der Waals surface area contributed by atoms with Crippen LogP contribution in [0.5, 0.6) is 0 Å². The number of amides is 1. The summed E-state index contributed by atoms with van der Waals surface area (Å²) in [4.78, 5) is 28.1. The van der Waals surface area contributed by atoms with Crippen LogP contribution in [-0.2, 0) is 31.4 Å². The number of piperazine rings is 1. The molecule has 1 aliphatic carbocycles. The normalized spacial score (nSPS) is 19.5. The second kappa shape index (κ2) is 16.9. The highest BCUT2D eigenvalue weighted by atomic mass is 32.2. The molecule has 1 saturated carbocycles. The number of hydrogen-bond acceptors (Lipinski definition) is 7. The lowest BCUT2D eigenvalue weighted by Gasteiger charge is -2.34. The molecule has 2 aromatic carbocycles. The number of nitrogens with one attached hydrogen (secondary N) is 1. The molecular formula is C34H41F6N3O4S. The Hall–Kier alpha value is -3.23. The molecule has 2 aliphatic rings. The van der Waals surface area contributed by atoms with Crippen molar-refractivity contribution in [2.75, 3.05) is 57.9 Å². The Morgan fingerprint density at radius 2 is 1.60 bits per heavy atom. The topological polar surface area (TPSA) is 71.1 Å². The fourth-order valence-corrected chi connectivity index (χ4v) is 6.99. The molecule has 1 N–H and O–H groups in total. The molecule has 0 aromatic heterocycles. The van der Waals surface area contributed by atoms with E-state index in [0.29, 0.717) is 101 Å². The van der Waals surface area contributed by atoms with Crippen molar-refractivity contribution < 1.29 is 45.4 Å². The number of carbonyl (C=O) groups is 2. The number of nitrogens with zero attached hydrogens (tertiary/aromatic N) is 2. The quantitative estimate of drug-likeness (QED) is 0.106. The van der Waals surface area contributed by atoms with Crippen LogP contribution >= 0.6 is 11.8 Å². The van der Waals surface area contributed by atoms with Crippen LogP contribution in [0.3, 0.4) is 0 Å². The van der Waals surface area contributed by atoms with Crippen LogP contribution in [0, 0.1) is 5.92 Å². The lowest BCUT2D eigenvalue weighted by atomic mass is 9.86. The van der Waals surface area contributed by atoms with Gasteiger partial charge in [-0.1, -0.05) is 23.9 Å². The Morgan fingerprint density at radius 3 is 2.23 bits per heavy atom. The van der Waals surface area contributed by atoms with Gasteiger partial charge in [0.05, 0.1) is 30.3 Å². The van der Waals surface area contributed by atoms with Gasteiger partial charge in [-0.15, -0.1) is 0 Å². The Kier molecular flexibility index (Phi) is 13.3. The predicted octanol–water partition coefficient (Wildman–Crippen LogP) is 7.60. The third-order valence-corrected chi connectivity index (χ3v) is 9.44. The van der Waals surface area contributed by atoms with E-state index < -0.39 is 39.8 Å². The molecule has 264 valence electrons. The third kappa shape index (κ3) is 10.4. The molecule has 48 heavy (non-hydrogen) atoms. The third-order valence-electron chi connectivity index (χ3n) is 8.39. The average molecular weight is 702 g/mol. The fraction of sp³-hybridized carbons (Fsp3) is 0.529. The van der Waals surface area contributed by atoms with Crippen LogP contribution in [0.2, 0.25) is 0 Å². The van der Waals surface area contributed by atoms with Gasteiger partial charge in [-0.2, -0.15) is 26.3 Å². The summed E-state index contributed by atoms with van der Waals surface area (Å²) in [6.07, 6.45) is -6.29. The molecular weight excluding hydrogens is 660 g/mol. The zero-order valence-electron chi connectivity index (χ0n) is 27.0. The molecule has 1 amide bonds. The van der Waals surface area contributed by atoms with E-state index in [4.69, 9.17) is 9.47 Å². The molecule has 1 saturated heterocycles. The average Bonchev–Trinajstić information content (AvgIpc) is 3.04. The number of alkyl halides is 6. The van der Waals surface area contributed by atoms with E-state index in [1.807, 2.05) is 6.92 Å². The summed E-state index contributed by atoms with van der Waals surface area (Å²) in [6, 6.07) is 8.49. The molecule has 0 atom stereocenters. The van der Waals surface area contributed by atoms with Gasteiger partial charge in [-0.25, -0.2) is 0 Å². The second-order valence-corrected chi connectivity index (χ2v) is 12.8. The van der Waals surface area contributed by atoms with Gasteiger partial charge in [0.2, 0.25) is 5.91 Å². The van der Waals surface area contributed by atoms with Crippen molar-refractivity contribution >= 4 is 35.4 Å². The van der Waals surface area contributed by atoms with Crippen LogP contribution in [0.4, 0.5) is 32.0 Å². The van der Waals surface area contributed by atoms with Gasteiger partial charge in [0.25, 0.3) is 0 Å². The summed E-state index contributed by atoms with van der Waals surface area (Å²) in [6.45, 7) is 7.56. The van der Waals surface area contributed by atoms with Gasteiger partial charge in [0, 0.05) is 66.9 Å². The highest BCUT2D eigenvalue weighted by Crippen LogP contribution is 2.48. The summed E-state index contributed by atoms with van der Waals surface area (Å²) in [7, 11) is 0. The number of benzene rings is 2. The maximum atomic E-state index is 14.4. The van der Waals surface area contributed by atoms with Crippen molar-refractivity contribution in [2.45, 2.75) is 67.7 Å². The number of hydrogen-bond donors (Lipinski definition) is 1.